The summed E-state index contributed by atoms with van der Waals surface area (Å²) in [6.45, 7) is 1.87. The lowest BCUT2D eigenvalue weighted by atomic mass is 10.2. The van der Waals surface area contributed by atoms with E-state index in [0.717, 1.165) is 10.4 Å². The van der Waals surface area contributed by atoms with Crippen LogP contribution < -0.4 is 5.32 Å². The predicted octanol–water partition coefficient (Wildman–Crippen LogP) is 3.93. The minimum Gasteiger partial charge on any atom is -0.343 e. The molecule has 0 spiro atoms. The van der Waals surface area contributed by atoms with Crippen molar-refractivity contribution in [2.24, 2.45) is 0 Å². The molecule has 0 saturated carbocycles. The molecule has 3 rings (SSSR count). The van der Waals surface area contributed by atoms with Gasteiger partial charge in [0.2, 0.25) is 0 Å². The van der Waals surface area contributed by atoms with Crippen LogP contribution in [0.1, 0.15) is 28.3 Å². The summed E-state index contributed by atoms with van der Waals surface area (Å²) >= 11 is 1.28. The van der Waals surface area contributed by atoms with Crippen molar-refractivity contribution in [3.8, 4) is 0 Å². The number of rotatable bonds is 3. The fourth-order valence-corrected chi connectivity index (χ4v) is 3.09. The van der Waals surface area contributed by atoms with E-state index in [-0.39, 0.29) is 17.8 Å². The molecule has 3 aromatic rings. The van der Waals surface area contributed by atoms with E-state index >= 15 is 0 Å². The molecular weight excluding hydrogens is 287 g/mol. The molecule has 21 heavy (non-hydrogen) atoms. The third-order valence-corrected chi connectivity index (χ3v) is 4.31. The molecule has 0 fully saturated rings. The number of thiophene rings is 1. The fraction of sp³-hybridized carbons (Fsp3) is 0.125. The summed E-state index contributed by atoms with van der Waals surface area (Å²) in [5.41, 5.74) is 0.790. The van der Waals surface area contributed by atoms with Gasteiger partial charge in [0, 0.05) is 16.3 Å². The number of carbonyl (C=O) groups excluding carboxylic acids is 1. The third kappa shape index (κ3) is 2.78. The first-order valence-corrected chi connectivity index (χ1v) is 7.36. The van der Waals surface area contributed by atoms with E-state index in [1.165, 1.54) is 17.4 Å². The molecule has 0 unspecified atom stereocenters. The molecule has 2 aromatic heterocycles. The summed E-state index contributed by atoms with van der Waals surface area (Å²) in [5.74, 6) is -0.519. The summed E-state index contributed by atoms with van der Waals surface area (Å²) in [6, 6.07) is 11.8. The highest BCUT2D eigenvalue weighted by Gasteiger charge is 2.15. The minimum absolute atomic E-state index is 0.200. The van der Waals surface area contributed by atoms with Gasteiger partial charge in [-0.1, -0.05) is 12.1 Å². The number of fused-ring (bicyclic) bond motifs is 1. The quantitative estimate of drug-likeness (QED) is 0.796. The molecule has 0 bridgehead atoms. The SMILES string of the molecule is C[C@H](NC(=O)c1cc2c(F)cccc2s1)c1ccccn1. The van der Waals surface area contributed by atoms with Gasteiger partial charge in [0.05, 0.1) is 16.6 Å². The zero-order valence-electron chi connectivity index (χ0n) is 11.3. The molecule has 1 atom stereocenters. The molecule has 0 aliphatic rings. The maximum atomic E-state index is 13.7. The van der Waals surface area contributed by atoms with Crippen molar-refractivity contribution in [2.45, 2.75) is 13.0 Å². The Labute approximate surface area is 125 Å². The van der Waals surface area contributed by atoms with Crippen molar-refractivity contribution in [1.82, 2.24) is 10.3 Å². The summed E-state index contributed by atoms with van der Waals surface area (Å²) < 4.78 is 14.4. The lowest BCUT2D eigenvalue weighted by Gasteiger charge is -2.12. The van der Waals surface area contributed by atoms with E-state index in [4.69, 9.17) is 0 Å². The molecule has 3 nitrogen and oxygen atoms in total. The van der Waals surface area contributed by atoms with Gasteiger partial charge in [0.1, 0.15) is 5.82 Å². The second kappa shape index (κ2) is 5.61. The van der Waals surface area contributed by atoms with Crippen LogP contribution in [0.2, 0.25) is 0 Å². The van der Waals surface area contributed by atoms with Crippen LogP contribution in [0.4, 0.5) is 4.39 Å². The van der Waals surface area contributed by atoms with Crippen LogP contribution in [0.5, 0.6) is 0 Å². The van der Waals surface area contributed by atoms with Crippen LogP contribution in [0.25, 0.3) is 10.1 Å². The maximum Gasteiger partial charge on any atom is 0.261 e. The zero-order chi connectivity index (χ0) is 14.8. The van der Waals surface area contributed by atoms with E-state index in [1.54, 1.807) is 18.3 Å². The summed E-state index contributed by atoms with van der Waals surface area (Å²) in [6.07, 6.45) is 1.69. The molecule has 0 aliphatic carbocycles. The average molecular weight is 300 g/mol. The first-order valence-electron chi connectivity index (χ1n) is 6.55. The molecule has 0 saturated heterocycles. The Hall–Kier alpha value is -2.27. The van der Waals surface area contributed by atoms with Gasteiger partial charge in [-0.25, -0.2) is 4.39 Å². The normalized spacial score (nSPS) is 12.3. The standard InChI is InChI=1S/C16H13FN2OS/c1-10(13-6-2-3-8-18-13)19-16(20)15-9-11-12(17)5-4-7-14(11)21-15/h2-10H,1H3,(H,19,20)/t10-/m0/s1. The molecule has 5 heteroatoms. The number of amides is 1. The molecule has 1 aromatic carbocycles. The van der Waals surface area contributed by atoms with Crippen LogP contribution in [-0.2, 0) is 0 Å². The molecule has 106 valence electrons. The van der Waals surface area contributed by atoms with Gasteiger partial charge in [-0.15, -0.1) is 11.3 Å². The highest BCUT2D eigenvalue weighted by atomic mass is 32.1. The van der Waals surface area contributed by atoms with Gasteiger partial charge in [-0.05, 0) is 37.3 Å². The van der Waals surface area contributed by atoms with E-state index in [2.05, 4.69) is 10.3 Å². The monoisotopic (exact) mass is 300 g/mol. The van der Waals surface area contributed by atoms with Crippen LogP contribution in [0.15, 0.2) is 48.7 Å². The highest BCUT2D eigenvalue weighted by Crippen LogP contribution is 2.27. The Morgan fingerprint density at radius 1 is 1.29 bits per heavy atom. The molecule has 1 N–H and O–H groups in total. The number of aromatic nitrogens is 1. The van der Waals surface area contributed by atoms with Crippen LogP contribution in [0.3, 0.4) is 0 Å². The van der Waals surface area contributed by atoms with E-state index in [0.29, 0.717) is 10.3 Å². The Morgan fingerprint density at radius 2 is 2.14 bits per heavy atom. The fourth-order valence-electron chi connectivity index (χ4n) is 2.11. The number of halogens is 1. The average Bonchev–Trinajstić information content (AvgIpc) is 2.94. The van der Waals surface area contributed by atoms with Crippen LogP contribution in [-0.4, -0.2) is 10.9 Å². The van der Waals surface area contributed by atoms with Crippen molar-refractivity contribution < 1.29 is 9.18 Å². The van der Waals surface area contributed by atoms with E-state index < -0.39 is 0 Å². The van der Waals surface area contributed by atoms with Gasteiger partial charge >= 0.3 is 0 Å². The molecular formula is C16H13FN2OS. The number of pyridine rings is 1. The van der Waals surface area contributed by atoms with Gasteiger partial charge in [-0.2, -0.15) is 0 Å². The van der Waals surface area contributed by atoms with Crippen molar-refractivity contribution >= 4 is 27.3 Å². The molecule has 0 aliphatic heterocycles. The first-order chi connectivity index (χ1) is 10.1. The Balaban J connectivity index is 1.82. The smallest absolute Gasteiger partial charge is 0.261 e. The Kier molecular flexibility index (Phi) is 3.66. The Morgan fingerprint density at radius 3 is 2.86 bits per heavy atom. The molecule has 2 heterocycles. The number of nitrogens with one attached hydrogen (secondary N) is 1. The number of hydrogen-bond donors (Lipinski definition) is 1. The first kappa shape index (κ1) is 13.7. The van der Waals surface area contributed by atoms with E-state index in [1.807, 2.05) is 31.2 Å². The van der Waals surface area contributed by atoms with Crippen molar-refractivity contribution in [3.63, 3.8) is 0 Å². The zero-order valence-corrected chi connectivity index (χ0v) is 12.2. The summed E-state index contributed by atoms with van der Waals surface area (Å²) in [5, 5.41) is 3.36. The number of nitrogens with zero attached hydrogens (tertiary/aromatic N) is 1. The molecule has 1 amide bonds. The maximum absolute atomic E-state index is 13.7. The van der Waals surface area contributed by atoms with Crippen molar-refractivity contribution in [1.29, 1.82) is 0 Å². The minimum atomic E-state index is -0.305. The second-order valence-corrected chi connectivity index (χ2v) is 5.80. The largest absolute Gasteiger partial charge is 0.343 e. The Bertz CT molecular complexity index is 785. The summed E-state index contributed by atoms with van der Waals surface area (Å²) in [7, 11) is 0. The lowest BCUT2D eigenvalue weighted by Crippen LogP contribution is -2.26. The van der Waals surface area contributed by atoms with Crippen molar-refractivity contribution in [2.75, 3.05) is 0 Å². The van der Waals surface area contributed by atoms with Crippen molar-refractivity contribution in [3.05, 3.63) is 65.0 Å². The summed E-state index contributed by atoms with van der Waals surface area (Å²) in [4.78, 5) is 17.0. The number of carbonyl (C=O) groups is 1. The van der Waals surface area contributed by atoms with Gasteiger partial charge < -0.3 is 5.32 Å². The third-order valence-electron chi connectivity index (χ3n) is 3.21. The van der Waals surface area contributed by atoms with Gasteiger partial charge in [0.15, 0.2) is 0 Å². The highest BCUT2D eigenvalue weighted by molar-refractivity contribution is 7.20. The molecule has 0 radical (unpaired) electrons. The topological polar surface area (TPSA) is 42.0 Å². The predicted molar refractivity (Wildman–Crippen MR) is 81.9 cm³/mol. The second-order valence-electron chi connectivity index (χ2n) is 4.71. The lowest BCUT2D eigenvalue weighted by molar-refractivity contribution is 0.0943. The number of hydrogen-bond acceptors (Lipinski definition) is 3. The number of benzene rings is 1. The van der Waals surface area contributed by atoms with Crippen LogP contribution in [0, 0.1) is 5.82 Å². The van der Waals surface area contributed by atoms with E-state index in [9.17, 15) is 9.18 Å². The van der Waals surface area contributed by atoms with Gasteiger partial charge in [0.25, 0.3) is 5.91 Å². The van der Waals surface area contributed by atoms with Crippen LogP contribution >= 0.6 is 11.3 Å². The van der Waals surface area contributed by atoms with Gasteiger partial charge in [-0.3, -0.25) is 9.78 Å².